The van der Waals surface area contributed by atoms with Gasteiger partial charge in [-0.3, -0.25) is 4.68 Å². The van der Waals surface area contributed by atoms with Crippen LogP contribution in [0, 0.1) is 13.8 Å². The Morgan fingerprint density at radius 3 is 2.52 bits per heavy atom. The third-order valence-corrected chi connectivity index (χ3v) is 5.21. The first-order chi connectivity index (χ1) is 9.71. The van der Waals surface area contributed by atoms with Gasteiger partial charge in [0.15, 0.2) is 0 Å². The highest BCUT2D eigenvalue weighted by Crippen LogP contribution is 2.23. The Labute approximate surface area is 124 Å². The summed E-state index contributed by atoms with van der Waals surface area (Å²) in [5.74, 6) is 0. The van der Waals surface area contributed by atoms with Crippen molar-refractivity contribution in [3.05, 3.63) is 11.4 Å². The third kappa shape index (κ3) is 4.21. The molecule has 1 heterocycles. The van der Waals surface area contributed by atoms with Crippen LogP contribution in [-0.4, -0.2) is 55.6 Å². The summed E-state index contributed by atoms with van der Waals surface area (Å²) in [5.41, 5.74) is 0.789. The van der Waals surface area contributed by atoms with Gasteiger partial charge in [-0.2, -0.15) is 9.40 Å². The van der Waals surface area contributed by atoms with Gasteiger partial charge >= 0.3 is 0 Å². The van der Waals surface area contributed by atoms with Gasteiger partial charge in [0.1, 0.15) is 4.90 Å². The molecule has 0 spiro atoms. The van der Waals surface area contributed by atoms with E-state index in [0.29, 0.717) is 28.8 Å². The van der Waals surface area contributed by atoms with Gasteiger partial charge in [-0.25, -0.2) is 17.2 Å². The second-order valence-electron chi connectivity index (χ2n) is 4.75. The molecule has 0 unspecified atom stereocenters. The summed E-state index contributed by atoms with van der Waals surface area (Å²) < 4.78 is 51.8. The van der Waals surface area contributed by atoms with Gasteiger partial charge in [0, 0.05) is 13.6 Å². The quantitative estimate of drug-likeness (QED) is 0.724. The van der Waals surface area contributed by atoms with E-state index in [9.17, 15) is 17.2 Å². The molecule has 0 amide bonds. The number of hydrogen-bond donors (Lipinski definition) is 1. The van der Waals surface area contributed by atoms with Gasteiger partial charge in [-0.1, -0.05) is 6.92 Å². The number of nitrogens with zero attached hydrogens (tertiary/aromatic N) is 3. The number of aromatic nitrogens is 2. The second kappa shape index (κ2) is 7.28. The van der Waals surface area contributed by atoms with Gasteiger partial charge < -0.3 is 5.32 Å². The summed E-state index contributed by atoms with van der Waals surface area (Å²) in [6.07, 6.45) is -2.71. The number of sulfonamides is 1. The number of rotatable bonds is 8. The maximum atomic E-state index is 12.4. The summed E-state index contributed by atoms with van der Waals surface area (Å²) in [6, 6.07) is 0. The minimum atomic E-state index is -3.96. The molecular formula is C12H22F2N4O2S. The van der Waals surface area contributed by atoms with E-state index in [4.69, 9.17) is 0 Å². The van der Waals surface area contributed by atoms with Crippen LogP contribution in [0.25, 0.3) is 0 Å². The van der Waals surface area contributed by atoms with Gasteiger partial charge in [-0.05, 0) is 20.4 Å². The van der Waals surface area contributed by atoms with Crippen LogP contribution < -0.4 is 5.32 Å². The van der Waals surface area contributed by atoms with E-state index in [1.807, 2.05) is 6.92 Å². The molecule has 0 aliphatic carbocycles. The summed E-state index contributed by atoms with van der Waals surface area (Å²) in [5, 5.41) is 7.31. The molecule has 0 aromatic carbocycles. The second-order valence-corrected chi connectivity index (χ2v) is 6.73. The van der Waals surface area contributed by atoms with Crippen molar-refractivity contribution in [1.29, 1.82) is 0 Å². The minimum absolute atomic E-state index is 0.0159. The number of nitrogens with one attached hydrogen (secondary N) is 1. The van der Waals surface area contributed by atoms with E-state index >= 15 is 0 Å². The number of likely N-dealkylation sites (N-methyl/N-ethyl adjacent to an activating group) is 1. The maximum Gasteiger partial charge on any atom is 0.252 e. The van der Waals surface area contributed by atoms with Gasteiger partial charge in [0.25, 0.3) is 6.43 Å². The lowest BCUT2D eigenvalue weighted by molar-refractivity contribution is 0.126. The summed E-state index contributed by atoms with van der Waals surface area (Å²) in [7, 11) is -2.81. The van der Waals surface area contributed by atoms with Crippen LogP contribution in [0.2, 0.25) is 0 Å². The van der Waals surface area contributed by atoms with Crippen LogP contribution in [0.5, 0.6) is 0 Å². The van der Waals surface area contributed by atoms with Crippen LogP contribution in [0.15, 0.2) is 4.90 Å². The first kappa shape index (κ1) is 18.0. The zero-order chi connectivity index (χ0) is 16.2. The fourth-order valence-corrected chi connectivity index (χ4v) is 3.60. The van der Waals surface area contributed by atoms with Gasteiger partial charge in [0.2, 0.25) is 10.0 Å². The van der Waals surface area contributed by atoms with E-state index in [0.717, 1.165) is 13.6 Å². The number of alkyl halides is 2. The summed E-state index contributed by atoms with van der Waals surface area (Å²) >= 11 is 0. The smallest absolute Gasteiger partial charge is 0.252 e. The molecule has 1 rings (SSSR count). The average molecular weight is 324 g/mol. The van der Waals surface area contributed by atoms with Crippen molar-refractivity contribution < 1.29 is 17.2 Å². The van der Waals surface area contributed by atoms with Crippen molar-refractivity contribution in [1.82, 2.24) is 19.4 Å². The highest BCUT2D eigenvalue weighted by atomic mass is 32.2. The van der Waals surface area contributed by atoms with Crippen molar-refractivity contribution >= 4 is 10.0 Å². The number of halogens is 2. The number of aryl methyl sites for hydroxylation is 1. The topological polar surface area (TPSA) is 67.2 Å². The largest absolute Gasteiger partial charge is 0.315 e. The Morgan fingerprint density at radius 1 is 1.38 bits per heavy atom. The predicted octanol–water partition coefficient (Wildman–Crippen LogP) is 0.995. The number of hydrogen-bond acceptors (Lipinski definition) is 4. The Morgan fingerprint density at radius 2 is 2.00 bits per heavy atom. The van der Waals surface area contributed by atoms with Crippen molar-refractivity contribution in [3.63, 3.8) is 0 Å². The highest BCUT2D eigenvalue weighted by molar-refractivity contribution is 7.89. The molecule has 122 valence electrons. The standard InChI is InChI=1S/C12H22F2N4O2S/c1-5-15-6-7-18-10(3)12(9(2)16-18)21(19,20)17(4)8-11(13)14/h11,15H,5-8H2,1-4H3. The molecule has 21 heavy (non-hydrogen) atoms. The third-order valence-electron chi connectivity index (χ3n) is 3.13. The van der Waals surface area contributed by atoms with Crippen molar-refractivity contribution in [2.75, 3.05) is 26.7 Å². The molecule has 0 atom stereocenters. The lowest BCUT2D eigenvalue weighted by atomic mass is 10.4. The lowest BCUT2D eigenvalue weighted by Gasteiger charge is -2.16. The molecule has 6 nitrogen and oxygen atoms in total. The molecule has 0 radical (unpaired) electrons. The lowest BCUT2D eigenvalue weighted by Crippen LogP contribution is -2.32. The van der Waals surface area contributed by atoms with Crippen LogP contribution >= 0.6 is 0 Å². The van der Waals surface area contributed by atoms with Crippen LogP contribution in [0.3, 0.4) is 0 Å². The van der Waals surface area contributed by atoms with E-state index in [1.54, 1.807) is 18.5 Å². The van der Waals surface area contributed by atoms with E-state index in [-0.39, 0.29) is 4.90 Å². The van der Waals surface area contributed by atoms with Crippen molar-refractivity contribution in [3.8, 4) is 0 Å². The van der Waals surface area contributed by atoms with Gasteiger partial charge in [-0.15, -0.1) is 0 Å². The molecule has 0 fully saturated rings. The first-order valence-corrected chi connectivity index (χ1v) is 8.15. The molecule has 0 aliphatic rings. The predicted molar refractivity (Wildman–Crippen MR) is 76.1 cm³/mol. The van der Waals surface area contributed by atoms with E-state index < -0.39 is 23.0 Å². The fourth-order valence-electron chi connectivity index (χ4n) is 2.08. The SMILES string of the molecule is CCNCCn1nc(C)c(S(=O)(=O)N(C)CC(F)F)c1C. The molecule has 0 aliphatic heterocycles. The molecule has 0 saturated carbocycles. The highest BCUT2D eigenvalue weighted by Gasteiger charge is 2.30. The molecule has 1 aromatic rings. The normalized spacial score (nSPS) is 12.6. The van der Waals surface area contributed by atoms with Crippen molar-refractivity contribution in [2.45, 2.75) is 38.6 Å². The molecule has 0 saturated heterocycles. The Hall–Kier alpha value is -1.06. The van der Waals surface area contributed by atoms with Gasteiger partial charge in [0.05, 0.1) is 24.5 Å². The molecule has 9 heteroatoms. The van der Waals surface area contributed by atoms with Crippen molar-refractivity contribution in [2.24, 2.45) is 0 Å². The molecule has 0 bridgehead atoms. The molecular weight excluding hydrogens is 302 g/mol. The Bertz CT molecular complexity index is 572. The average Bonchev–Trinajstić information content (AvgIpc) is 2.64. The fraction of sp³-hybridized carbons (Fsp3) is 0.750. The Kier molecular flexibility index (Phi) is 6.24. The van der Waals surface area contributed by atoms with Crippen LogP contribution in [0.4, 0.5) is 8.78 Å². The van der Waals surface area contributed by atoms with Crippen LogP contribution in [0.1, 0.15) is 18.3 Å². The zero-order valence-electron chi connectivity index (χ0n) is 12.7. The van der Waals surface area contributed by atoms with E-state index in [2.05, 4.69) is 10.4 Å². The molecule has 1 N–H and O–H groups in total. The summed E-state index contributed by atoms with van der Waals surface area (Å²) in [4.78, 5) is 0.0159. The van der Waals surface area contributed by atoms with Crippen LogP contribution in [-0.2, 0) is 16.6 Å². The maximum absolute atomic E-state index is 12.4. The van der Waals surface area contributed by atoms with E-state index in [1.165, 1.54) is 0 Å². The first-order valence-electron chi connectivity index (χ1n) is 6.71. The summed E-state index contributed by atoms with van der Waals surface area (Å²) in [6.45, 7) is 6.33. The minimum Gasteiger partial charge on any atom is -0.315 e. The zero-order valence-corrected chi connectivity index (χ0v) is 13.5. The monoisotopic (exact) mass is 324 g/mol. The Balaban J connectivity index is 3.07. The molecule has 1 aromatic heterocycles.